The van der Waals surface area contributed by atoms with Gasteiger partial charge in [0.2, 0.25) is 0 Å². The normalized spacial score (nSPS) is 16.1. The molecule has 3 heteroatoms. The Bertz CT molecular complexity index is 151. The molecule has 0 spiro atoms. The maximum absolute atomic E-state index is 3.51. The lowest BCUT2D eigenvalue weighted by Gasteiger charge is -2.31. The van der Waals surface area contributed by atoms with Crippen LogP contribution < -0.4 is 5.32 Å². The van der Waals surface area contributed by atoms with Crippen LogP contribution in [0.15, 0.2) is 0 Å². The topological polar surface area (TPSA) is 18.5 Å². The Morgan fingerprint density at radius 3 is 1.94 bits per heavy atom. The van der Waals surface area contributed by atoms with Crippen molar-refractivity contribution in [1.82, 2.24) is 15.1 Å². The average Bonchev–Trinajstić information content (AvgIpc) is 2.21. The van der Waals surface area contributed by atoms with Crippen molar-refractivity contribution in [3.63, 3.8) is 0 Å². The molecular weight excluding hydrogens is 198 g/mol. The Balaban J connectivity index is 3.86. The molecule has 0 amide bonds. The zero-order chi connectivity index (χ0) is 12.7. The molecule has 16 heavy (non-hydrogen) atoms. The second kappa shape index (κ2) is 8.04. The molecule has 0 fully saturated rings. The highest BCUT2D eigenvalue weighted by atomic mass is 15.2. The van der Waals surface area contributed by atoms with Gasteiger partial charge < -0.3 is 15.1 Å². The van der Waals surface area contributed by atoms with Gasteiger partial charge >= 0.3 is 0 Å². The third-order valence-electron chi connectivity index (χ3n) is 3.27. The van der Waals surface area contributed by atoms with E-state index in [1.165, 1.54) is 0 Å². The minimum absolute atomic E-state index is 0.585. The van der Waals surface area contributed by atoms with Crippen LogP contribution in [0.25, 0.3) is 0 Å². The Kier molecular flexibility index (Phi) is 7.98. The van der Waals surface area contributed by atoms with Crippen LogP contribution in [0.4, 0.5) is 0 Å². The van der Waals surface area contributed by atoms with Crippen molar-refractivity contribution in [3.8, 4) is 0 Å². The van der Waals surface area contributed by atoms with Gasteiger partial charge in [0.15, 0.2) is 0 Å². The Labute approximate surface area is 102 Å². The highest BCUT2D eigenvalue weighted by molar-refractivity contribution is 4.73. The monoisotopic (exact) mass is 229 g/mol. The van der Waals surface area contributed by atoms with Gasteiger partial charge in [0.05, 0.1) is 0 Å². The van der Waals surface area contributed by atoms with Gasteiger partial charge in [-0.05, 0) is 40.5 Å². The van der Waals surface area contributed by atoms with Crippen molar-refractivity contribution in [3.05, 3.63) is 0 Å². The quantitative estimate of drug-likeness (QED) is 0.680. The highest BCUT2D eigenvalue weighted by Gasteiger charge is 2.16. The summed E-state index contributed by atoms with van der Waals surface area (Å²) < 4.78 is 0. The van der Waals surface area contributed by atoms with Crippen LogP contribution >= 0.6 is 0 Å². The van der Waals surface area contributed by atoms with E-state index in [4.69, 9.17) is 0 Å². The van der Waals surface area contributed by atoms with Crippen LogP contribution in [-0.4, -0.2) is 62.7 Å². The molecule has 3 nitrogen and oxygen atoms in total. The molecule has 0 aliphatic carbocycles. The maximum Gasteiger partial charge on any atom is 0.0109 e. The first-order valence-electron chi connectivity index (χ1n) is 6.43. The summed E-state index contributed by atoms with van der Waals surface area (Å²) in [5, 5.41) is 3.51. The predicted molar refractivity (Wildman–Crippen MR) is 72.9 cm³/mol. The number of hydrogen-bond acceptors (Lipinski definition) is 3. The van der Waals surface area contributed by atoms with Crippen LogP contribution in [0.1, 0.15) is 27.7 Å². The van der Waals surface area contributed by atoms with Gasteiger partial charge in [-0.25, -0.2) is 0 Å². The number of rotatable bonds is 8. The summed E-state index contributed by atoms with van der Waals surface area (Å²) in [4.78, 5) is 4.69. The van der Waals surface area contributed by atoms with Gasteiger partial charge in [0.1, 0.15) is 0 Å². The SMILES string of the molecule is CC(C)NCC(C)C(C)N(C)CCN(C)C. The third-order valence-corrected chi connectivity index (χ3v) is 3.27. The lowest BCUT2D eigenvalue weighted by Crippen LogP contribution is -2.42. The van der Waals surface area contributed by atoms with Crippen LogP contribution in [-0.2, 0) is 0 Å². The fraction of sp³-hybridized carbons (Fsp3) is 1.00. The molecule has 0 saturated carbocycles. The molecule has 0 aliphatic heterocycles. The van der Waals surface area contributed by atoms with Gasteiger partial charge in [-0.3, -0.25) is 0 Å². The molecule has 0 aromatic carbocycles. The van der Waals surface area contributed by atoms with Crippen molar-refractivity contribution in [2.45, 2.75) is 39.8 Å². The van der Waals surface area contributed by atoms with E-state index in [-0.39, 0.29) is 0 Å². The van der Waals surface area contributed by atoms with Gasteiger partial charge in [-0.1, -0.05) is 20.8 Å². The van der Waals surface area contributed by atoms with Gasteiger partial charge in [0.25, 0.3) is 0 Å². The van der Waals surface area contributed by atoms with E-state index < -0.39 is 0 Å². The van der Waals surface area contributed by atoms with Crippen molar-refractivity contribution in [2.75, 3.05) is 40.8 Å². The summed E-state index contributed by atoms with van der Waals surface area (Å²) in [6.07, 6.45) is 0. The minimum atomic E-state index is 0.585. The van der Waals surface area contributed by atoms with Crippen molar-refractivity contribution in [1.29, 1.82) is 0 Å². The summed E-state index contributed by atoms with van der Waals surface area (Å²) >= 11 is 0. The lowest BCUT2D eigenvalue weighted by atomic mass is 10.0. The molecule has 0 aliphatic rings. The molecule has 0 radical (unpaired) electrons. The molecule has 2 unspecified atom stereocenters. The van der Waals surface area contributed by atoms with E-state index in [1.54, 1.807) is 0 Å². The Hall–Kier alpha value is -0.120. The summed E-state index contributed by atoms with van der Waals surface area (Å²) in [6.45, 7) is 12.4. The molecule has 0 saturated heterocycles. The summed E-state index contributed by atoms with van der Waals surface area (Å²) in [5.74, 6) is 0.689. The molecule has 0 aromatic rings. The van der Waals surface area contributed by atoms with E-state index in [0.29, 0.717) is 18.0 Å². The van der Waals surface area contributed by atoms with Crippen LogP contribution in [0, 0.1) is 5.92 Å². The third kappa shape index (κ3) is 7.20. The lowest BCUT2D eigenvalue weighted by molar-refractivity contribution is 0.179. The fourth-order valence-corrected chi connectivity index (χ4v) is 1.59. The fourth-order valence-electron chi connectivity index (χ4n) is 1.59. The van der Waals surface area contributed by atoms with Gasteiger partial charge in [-0.15, -0.1) is 0 Å². The van der Waals surface area contributed by atoms with Crippen molar-refractivity contribution < 1.29 is 0 Å². The van der Waals surface area contributed by atoms with Crippen molar-refractivity contribution in [2.24, 2.45) is 5.92 Å². The van der Waals surface area contributed by atoms with E-state index in [0.717, 1.165) is 19.6 Å². The van der Waals surface area contributed by atoms with Crippen LogP contribution in [0.3, 0.4) is 0 Å². The molecule has 0 heterocycles. The number of nitrogens with one attached hydrogen (secondary N) is 1. The summed E-state index contributed by atoms with van der Waals surface area (Å²) in [5.41, 5.74) is 0. The van der Waals surface area contributed by atoms with E-state index in [1.807, 2.05) is 0 Å². The molecule has 1 N–H and O–H groups in total. The largest absolute Gasteiger partial charge is 0.314 e. The molecule has 98 valence electrons. The van der Waals surface area contributed by atoms with E-state index in [9.17, 15) is 0 Å². The Morgan fingerprint density at radius 2 is 1.50 bits per heavy atom. The average molecular weight is 229 g/mol. The second-order valence-electron chi connectivity index (χ2n) is 5.56. The first kappa shape index (κ1) is 15.9. The first-order valence-corrected chi connectivity index (χ1v) is 6.43. The maximum atomic E-state index is 3.51. The predicted octanol–water partition coefficient (Wildman–Crippen LogP) is 1.50. The van der Waals surface area contributed by atoms with Gasteiger partial charge in [0, 0.05) is 25.2 Å². The standard InChI is InChI=1S/C13H31N3/c1-11(2)14-10-12(3)13(4)16(7)9-8-15(5)6/h11-14H,8-10H2,1-7H3. The zero-order valence-electron chi connectivity index (χ0n) is 12.2. The number of likely N-dealkylation sites (N-methyl/N-ethyl adjacent to an activating group) is 2. The van der Waals surface area contributed by atoms with Crippen LogP contribution in [0.5, 0.6) is 0 Å². The molecule has 0 rings (SSSR count). The van der Waals surface area contributed by atoms with E-state index in [2.05, 4.69) is 64.0 Å². The van der Waals surface area contributed by atoms with Crippen molar-refractivity contribution >= 4 is 0 Å². The molecule has 0 bridgehead atoms. The Morgan fingerprint density at radius 1 is 0.938 bits per heavy atom. The van der Waals surface area contributed by atoms with Crippen LogP contribution in [0.2, 0.25) is 0 Å². The number of hydrogen-bond donors (Lipinski definition) is 1. The molecular formula is C13H31N3. The number of nitrogens with zero attached hydrogens (tertiary/aromatic N) is 2. The summed E-state index contributed by atoms with van der Waals surface area (Å²) in [7, 11) is 6.48. The smallest absolute Gasteiger partial charge is 0.0109 e. The highest BCUT2D eigenvalue weighted by Crippen LogP contribution is 2.08. The molecule has 0 aromatic heterocycles. The van der Waals surface area contributed by atoms with E-state index >= 15 is 0 Å². The molecule has 2 atom stereocenters. The summed E-state index contributed by atoms with van der Waals surface area (Å²) in [6, 6.07) is 1.22. The minimum Gasteiger partial charge on any atom is -0.314 e. The second-order valence-corrected chi connectivity index (χ2v) is 5.56. The zero-order valence-corrected chi connectivity index (χ0v) is 12.2. The van der Waals surface area contributed by atoms with Gasteiger partial charge in [-0.2, -0.15) is 0 Å². The first-order chi connectivity index (χ1) is 7.34.